The summed E-state index contributed by atoms with van der Waals surface area (Å²) in [4.78, 5) is 34.0. The molecule has 0 atom stereocenters. The van der Waals surface area contributed by atoms with Gasteiger partial charge in [-0.15, -0.1) is 11.8 Å². The van der Waals surface area contributed by atoms with Crippen LogP contribution in [0.5, 0.6) is 5.75 Å². The van der Waals surface area contributed by atoms with Crippen LogP contribution in [0.3, 0.4) is 0 Å². The number of rotatable bonds is 9. The van der Waals surface area contributed by atoms with Crippen molar-refractivity contribution in [2.75, 3.05) is 57.0 Å². The molecule has 9 nitrogen and oxygen atoms in total. The SMILES string of the molecule is COc1ccccc1N1CCN(CCCSC2=Nc3ccc(Cl)cc3C(c3ccccc3Cl)=NC2)CC1.O=C(O)/C=C/C(=O)O. The third kappa shape index (κ3) is 10.1. The highest BCUT2D eigenvalue weighted by atomic mass is 35.5. The van der Waals surface area contributed by atoms with Gasteiger partial charge in [-0.2, -0.15) is 0 Å². The van der Waals surface area contributed by atoms with E-state index in [1.165, 1.54) is 5.69 Å². The van der Waals surface area contributed by atoms with Crippen molar-refractivity contribution in [1.29, 1.82) is 0 Å². The average Bonchev–Trinajstić information content (AvgIpc) is 3.22. The Labute approximate surface area is 276 Å². The van der Waals surface area contributed by atoms with Gasteiger partial charge in [-0.1, -0.05) is 53.5 Å². The van der Waals surface area contributed by atoms with E-state index in [1.54, 1.807) is 18.9 Å². The molecule has 0 radical (unpaired) electrons. The molecule has 0 saturated carbocycles. The summed E-state index contributed by atoms with van der Waals surface area (Å²) in [5.41, 5.74) is 4.74. The molecular weight excluding hydrogens is 635 g/mol. The van der Waals surface area contributed by atoms with Crippen molar-refractivity contribution in [1.82, 2.24) is 4.90 Å². The first-order valence-electron chi connectivity index (χ1n) is 14.3. The fraction of sp³-hybridized carbons (Fsp3) is 0.273. The van der Waals surface area contributed by atoms with Gasteiger partial charge in [0.2, 0.25) is 0 Å². The summed E-state index contributed by atoms with van der Waals surface area (Å²) < 4.78 is 5.55. The third-order valence-electron chi connectivity index (χ3n) is 7.01. The first kappa shape index (κ1) is 34.1. The molecule has 236 valence electrons. The van der Waals surface area contributed by atoms with Gasteiger partial charge in [-0.05, 0) is 49.4 Å². The normalized spacial score (nSPS) is 14.9. The average molecular weight is 670 g/mol. The minimum atomic E-state index is -1.26. The zero-order valence-corrected chi connectivity index (χ0v) is 27.1. The molecule has 0 aliphatic carbocycles. The highest BCUT2D eigenvalue weighted by Crippen LogP contribution is 2.32. The summed E-state index contributed by atoms with van der Waals surface area (Å²) in [5, 5.41) is 18.0. The number of benzene rings is 3. The van der Waals surface area contributed by atoms with Gasteiger partial charge in [0, 0.05) is 65.3 Å². The second kappa shape index (κ2) is 17.0. The maximum absolute atomic E-state index is 9.55. The summed E-state index contributed by atoms with van der Waals surface area (Å²) >= 11 is 14.7. The Hall–Kier alpha value is -3.83. The van der Waals surface area contributed by atoms with E-state index < -0.39 is 11.9 Å². The van der Waals surface area contributed by atoms with Crippen molar-refractivity contribution in [3.05, 3.63) is 100 Å². The molecule has 2 aliphatic heterocycles. The first-order chi connectivity index (χ1) is 21.7. The number of hydrogen-bond acceptors (Lipinski definition) is 8. The number of fused-ring (bicyclic) bond motifs is 1. The smallest absolute Gasteiger partial charge is 0.328 e. The number of methoxy groups -OCH3 is 1. The second-order valence-electron chi connectivity index (χ2n) is 10.0. The maximum Gasteiger partial charge on any atom is 0.328 e. The molecule has 2 N–H and O–H groups in total. The highest BCUT2D eigenvalue weighted by Gasteiger charge is 2.21. The number of piperazine rings is 1. The molecule has 5 rings (SSSR count). The lowest BCUT2D eigenvalue weighted by Crippen LogP contribution is -2.46. The Bertz CT molecular complexity index is 1570. The van der Waals surface area contributed by atoms with Gasteiger partial charge in [-0.3, -0.25) is 9.89 Å². The van der Waals surface area contributed by atoms with Crippen LogP contribution in [0, 0.1) is 0 Å². The van der Waals surface area contributed by atoms with Crippen LogP contribution in [-0.4, -0.2) is 89.9 Å². The summed E-state index contributed by atoms with van der Waals surface area (Å²) in [6.45, 7) is 5.76. The van der Waals surface area contributed by atoms with E-state index in [2.05, 4.69) is 21.9 Å². The molecule has 1 saturated heterocycles. The quantitative estimate of drug-likeness (QED) is 0.195. The maximum atomic E-state index is 9.55. The zero-order chi connectivity index (χ0) is 32.2. The molecular formula is C33H34Cl2N4O5S. The molecule has 2 heterocycles. The zero-order valence-electron chi connectivity index (χ0n) is 24.7. The molecule has 45 heavy (non-hydrogen) atoms. The molecule has 1 fully saturated rings. The Morgan fingerprint density at radius 1 is 0.933 bits per heavy atom. The van der Waals surface area contributed by atoms with Gasteiger partial charge in [-0.25, -0.2) is 14.6 Å². The third-order valence-corrected chi connectivity index (χ3v) is 8.63. The predicted molar refractivity (Wildman–Crippen MR) is 184 cm³/mol. The first-order valence-corrected chi connectivity index (χ1v) is 16.0. The number of carboxylic acid groups (broad SMARTS) is 2. The minimum Gasteiger partial charge on any atom is -0.495 e. The van der Waals surface area contributed by atoms with Crippen molar-refractivity contribution < 1.29 is 24.5 Å². The number of para-hydroxylation sites is 2. The number of halogens is 2. The number of thioether (sulfide) groups is 1. The molecule has 3 aromatic carbocycles. The van der Waals surface area contributed by atoms with Crippen LogP contribution in [-0.2, 0) is 9.59 Å². The van der Waals surface area contributed by atoms with Crippen LogP contribution >= 0.6 is 35.0 Å². The number of hydrogen-bond donors (Lipinski definition) is 2. The summed E-state index contributed by atoms with van der Waals surface area (Å²) in [6.07, 6.45) is 2.22. The van der Waals surface area contributed by atoms with Gasteiger partial charge in [0.15, 0.2) is 0 Å². The lowest BCUT2D eigenvalue weighted by atomic mass is 10.0. The topological polar surface area (TPSA) is 115 Å². The molecule has 0 unspecified atom stereocenters. The lowest BCUT2D eigenvalue weighted by Gasteiger charge is -2.36. The fourth-order valence-electron chi connectivity index (χ4n) is 4.88. The second-order valence-corrected chi connectivity index (χ2v) is 12.0. The largest absolute Gasteiger partial charge is 0.495 e. The number of ether oxygens (including phenoxy) is 1. The molecule has 2 aliphatic rings. The van der Waals surface area contributed by atoms with Crippen LogP contribution in [0.25, 0.3) is 0 Å². The monoisotopic (exact) mass is 668 g/mol. The van der Waals surface area contributed by atoms with Gasteiger partial charge in [0.05, 0.1) is 35.8 Å². The molecule has 0 aromatic heterocycles. The lowest BCUT2D eigenvalue weighted by molar-refractivity contribution is -0.134. The van der Waals surface area contributed by atoms with Crippen LogP contribution in [0.2, 0.25) is 10.0 Å². The van der Waals surface area contributed by atoms with E-state index in [9.17, 15) is 9.59 Å². The Morgan fingerprint density at radius 2 is 1.62 bits per heavy atom. The number of carboxylic acids is 2. The van der Waals surface area contributed by atoms with Crippen molar-refractivity contribution in [3.63, 3.8) is 0 Å². The van der Waals surface area contributed by atoms with Gasteiger partial charge in [0.1, 0.15) is 5.75 Å². The van der Waals surface area contributed by atoms with Crippen molar-refractivity contribution in [2.45, 2.75) is 6.42 Å². The predicted octanol–water partition coefficient (Wildman–Crippen LogP) is 6.54. The van der Waals surface area contributed by atoms with E-state index in [4.69, 9.17) is 48.1 Å². The van der Waals surface area contributed by atoms with Gasteiger partial charge in [0.25, 0.3) is 0 Å². The van der Waals surface area contributed by atoms with Crippen LogP contribution in [0.1, 0.15) is 17.5 Å². The van der Waals surface area contributed by atoms with E-state index in [-0.39, 0.29) is 0 Å². The number of anilines is 1. The van der Waals surface area contributed by atoms with E-state index in [0.29, 0.717) is 28.7 Å². The molecule has 0 spiro atoms. The Balaban J connectivity index is 0.000000510. The summed E-state index contributed by atoms with van der Waals surface area (Å²) in [5.74, 6) is -0.564. The summed E-state index contributed by atoms with van der Waals surface area (Å²) in [6, 6.07) is 21.8. The van der Waals surface area contributed by atoms with Crippen molar-refractivity contribution in [2.24, 2.45) is 9.98 Å². The van der Waals surface area contributed by atoms with E-state index >= 15 is 0 Å². The summed E-state index contributed by atoms with van der Waals surface area (Å²) in [7, 11) is 1.74. The van der Waals surface area contributed by atoms with Gasteiger partial charge >= 0.3 is 11.9 Å². The number of aliphatic imine (C=N–C) groups is 2. The number of nitrogens with zero attached hydrogens (tertiary/aromatic N) is 4. The van der Waals surface area contributed by atoms with Crippen molar-refractivity contribution >= 4 is 69.0 Å². The van der Waals surface area contributed by atoms with Crippen LogP contribution < -0.4 is 9.64 Å². The van der Waals surface area contributed by atoms with Crippen molar-refractivity contribution in [3.8, 4) is 5.75 Å². The fourth-order valence-corrected chi connectivity index (χ4v) is 6.11. The molecule has 0 amide bonds. The van der Waals surface area contributed by atoms with E-state index in [1.807, 2.05) is 54.6 Å². The van der Waals surface area contributed by atoms with Gasteiger partial charge < -0.3 is 19.8 Å². The van der Waals surface area contributed by atoms with E-state index in [0.717, 1.165) is 78.2 Å². The Morgan fingerprint density at radius 3 is 2.31 bits per heavy atom. The molecule has 0 bridgehead atoms. The Kier molecular flexibility index (Phi) is 12.9. The molecule has 3 aromatic rings. The van der Waals surface area contributed by atoms with Crippen LogP contribution in [0.4, 0.5) is 11.4 Å². The highest BCUT2D eigenvalue weighted by molar-refractivity contribution is 8.14. The standard InChI is InChI=1S/C29H30Cl2N4OS.C4H4O4/c1-36-27-10-5-4-9-26(27)35-16-14-34(15-17-35)13-6-18-37-28-20-32-29(22-7-2-3-8-24(22)31)23-19-21(30)11-12-25(23)33-28;5-3(6)1-2-4(7)8/h2-5,7-12,19H,6,13-18,20H2,1H3;1-2H,(H,5,6)(H,7,8)/b;2-1+. The molecule has 12 heteroatoms. The number of aliphatic carboxylic acids is 2. The minimum absolute atomic E-state index is 0.537. The van der Waals surface area contributed by atoms with Crippen LogP contribution in [0.15, 0.2) is 88.9 Å². The number of carbonyl (C=O) groups is 2.